The van der Waals surface area contributed by atoms with Crippen LogP contribution in [0.1, 0.15) is 51.9 Å². The van der Waals surface area contributed by atoms with Crippen molar-refractivity contribution in [2.45, 2.75) is 51.9 Å². The molecular weight excluding hydrogens is 318 g/mol. The highest BCUT2D eigenvalue weighted by Gasteiger charge is 2.11. The third-order valence-corrected chi connectivity index (χ3v) is 3.91. The maximum Gasteiger partial charge on any atom is 0.222 e. The molecule has 2 amide bonds. The fourth-order valence-electron chi connectivity index (χ4n) is 2.37. The van der Waals surface area contributed by atoms with Gasteiger partial charge in [-0.15, -0.1) is 0 Å². The number of hydrogen-bond acceptors (Lipinski definition) is 5. The normalized spacial score (nSPS) is 10.4. The van der Waals surface area contributed by atoms with E-state index in [1.807, 2.05) is 6.92 Å². The van der Waals surface area contributed by atoms with Crippen LogP contribution in [0.4, 0.5) is 0 Å². The molecule has 0 rings (SSSR count). The number of nitrogens with one attached hydrogen (secondary N) is 2. The van der Waals surface area contributed by atoms with Crippen LogP contribution in [0, 0.1) is 0 Å². The Morgan fingerprint density at radius 1 is 0.920 bits per heavy atom. The summed E-state index contributed by atoms with van der Waals surface area (Å²) < 4.78 is 0. The van der Waals surface area contributed by atoms with E-state index in [9.17, 15) is 9.59 Å². The molecule has 0 aliphatic heterocycles. The number of rotatable bonds is 16. The molecule has 25 heavy (non-hydrogen) atoms. The molecule has 0 aliphatic carbocycles. The molecule has 0 aromatic heterocycles. The third-order valence-electron chi connectivity index (χ3n) is 3.91. The minimum absolute atomic E-state index is 0.0174. The predicted octanol–water partition coefficient (Wildman–Crippen LogP) is 0.703. The van der Waals surface area contributed by atoms with Crippen LogP contribution >= 0.6 is 0 Å². The number of allylic oxidation sites excluding steroid dienone is 1. The molecular formula is C18H37N5O2. The summed E-state index contributed by atoms with van der Waals surface area (Å²) in [5, 5.41) is 6.12. The summed E-state index contributed by atoms with van der Waals surface area (Å²) >= 11 is 0. The molecule has 0 atom stereocenters. The molecule has 7 nitrogen and oxygen atoms in total. The molecule has 7 heteroatoms. The SMILES string of the molecule is C=C(CCCCN)NCCN(CCNC(=O)CCCCN)C(=O)CC. The van der Waals surface area contributed by atoms with Gasteiger partial charge in [0.25, 0.3) is 0 Å². The monoisotopic (exact) mass is 355 g/mol. The van der Waals surface area contributed by atoms with Crippen molar-refractivity contribution in [3.8, 4) is 0 Å². The fraction of sp³-hybridized carbons (Fsp3) is 0.778. The lowest BCUT2D eigenvalue weighted by atomic mass is 10.2. The molecule has 0 heterocycles. The van der Waals surface area contributed by atoms with Gasteiger partial charge in [-0.3, -0.25) is 9.59 Å². The molecule has 0 radical (unpaired) electrons. The fourth-order valence-corrected chi connectivity index (χ4v) is 2.37. The second-order valence-electron chi connectivity index (χ2n) is 6.11. The molecule has 0 aromatic carbocycles. The van der Waals surface area contributed by atoms with E-state index >= 15 is 0 Å². The summed E-state index contributed by atoms with van der Waals surface area (Å²) in [7, 11) is 0. The van der Waals surface area contributed by atoms with E-state index in [4.69, 9.17) is 11.5 Å². The van der Waals surface area contributed by atoms with Crippen molar-refractivity contribution in [1.82, 2.24) is 15.5 Å². The smallest absolute Gasteiger partial charge is 0.222 e. The molecule has 0 saturated heterocycles. The number of carbonyl (C=O) groups excluding carboxylic acids is 2. The van der Waals surface area contributed by atoms with Gasteiger partial charge in [0.15, 0.2) is 0 Å². The van der Waals surface area contributed by atoms with Crippen molar-refractivity contribution in [2.75, 3.05) is 39.3 Å². The molecule has 0 spiro atoms. The summed E-state index contributed by atoms with van der Waals surface area (Å²) in [4.78, 5) is 25.5. The van der Waals surface area contributed by atoms with Gasteiger partial charge in [-0.25, -0.2) is 0 Å². The van der Waals surface area contributed by atoms with E-state index in [1.165, 1.54) is 0 Å². The van der Waals surface area contributed by atoms with E-state index in [2.05, 4.69) is 17.2 Å². The highest BCUT2D eigenvalue weighted by atomic mass is 16.2. The van der Waals surface area contributed by atoms with E-state index in [1.54, 1.807) is 4.90 Å². The molecule has 0 fully saturated rings. The Hall–Kier alpha value is -1.60. The first-order valence-corrected chi connectivity index (χ1v) is 9.41. The number of nitrogens with two attached hydrogens (primary N) is 2. The second kappa shape index (κ2) is 15.9. The number of carbonyl (C=O) groups is 2. The van der Waals surface area contributed by atoms with Crippen LogP contribution in [0.5, 0.6) is 0 Å². The highest BCUT2D eigenvalue weighted by Crippen LogP contribution is 2.01. The van der Waals surface area contributed by atoms with Crippen LogP contribution in [0.25, 0.3) is 0 Å². The summed E-state index contributed by atoms with van der Waals surface area (Å²) in [5.74, 6) is 0.108. The maximum atomic E-state index is 12.0. The van der Waals surface area contributed by atoms with Crippen LogP contribution in [-0.2, 0) is 9.59 Å². The number of amides is 2. The number of nitrogens with zero attached hydrogens (tertiary/aromatic N) is 1. The molecule has 6 N–H and O–H groups in total. The zero-order valence-corrected chi connectivity index (χ0v) is 15.8. The third kappa shape index (κ3) is 13.4. The first kappa shape index (κ1) is 23.4. The van der Waals surface area contributed by atoms with E-state index in [0.717, 1.165) is 37.8 Å². The summed E-state index contributed by atoms with van der Waals surface area (Å²) in [6, 6.07) is 0. The summed E-state index contributed by atoms with van der Waals surface area (Å²) in [6.07, 6.45) is 5.52. The Morgan fingerprint density at radius 3 is 2.04 bits per heavy atom. The van der Waals surface area contributed by atoms with Crippen molar-refractivity contribution < 1.29 is 9.59 Å². The molecule has 0 aromatic rings. The minimum atomic E-state index is 0.0174. The molecule has 0 aliphatic rings. The average molecular weight is 356 g/mol. The minimum Gasteiger partial charge on any atom is -0.387 e. The van der Waals surface area contributed by atoms with E-state index in [0.29, 0.717) is 52.1 Å². The zero-order chi connectivity index (χ0) is 18.9. The van der Waals surface area contributed by atoms with Crippen molar-refractivity contribution in [2.24, 2.45) is 11.5 Å². The Morgan fingerprint density at radius 2 is 1.48 bits per heavy atom. The Kier molecular flexibility index (Phi) is 14.9. The van der Waals surface area contributed by atoms with Crippen LogP contribution in [0.2, 0.25) is 0 Å². The molecule has 0 saturated carbocycles. The lowest BCUT2D eigenvalue weighted by Gasteiger charge is -2.23. The second-order valence-corrected chi connectivity index (χ2v) is 6.11. The number of hydrogen-bond donors (Lipinski definition) is 4. The van der Waals surface area contributed by atoms with Crippen LogP contribution < -0.4 is 22.1 Å². The molecule has 0 bridgehead atoms. The van der Waals surface area contributed by atoms with Gasteiger partial charge in [0.05, 0.1) is 0 Å². The van der Waals surface area contributed by atoms with Gasteiger partial charge in [-0.05, 0) is 45.2 Å². The van der Waals surface area contributed by atoms with Crippen molar-refractivity contribution in [3.05, 3.63) is 12.3 Å². The van der Waals surface area contributed by atoms with Crippen LogP contribution in [-0.4, -0.2) is 56.0 Å². The van der Waals surface area contributed by atoms with E-state index < -0.39 is 0 Å². The zero-order valence-electron chi connectivity index (χ0n) is 15.8. The Labute approximate surface area is 152 Å². The standard InChI is InChI=1S/C18H37N5O2/c1-3-18(25)23(14-12-21-16(2)8-4-6-10-19)15-13-22-17(24)9-5-7-11-20/h21H,2-15,19-20H2,1H3,(H,22,24). The lowest BCUT2D eigenvalue weighted by Crippen LogP contribution is -2.41. The Balaban J connectivity index is 4.02. The highest BCUT2D eigenvalue weighted by molar-refractivity contribution is 5.77. The first-order valence-electron chi connectivity index (χ1n) is 9.41. The van der Waals surface area contributed by atoms with Gasteiger partial charge in [0.1, 0.15) is 0 Å². The molecule has 0 unspecified atom stereocenters. The first-order chi connectivity index (χ1) is 12.0. The lowest BCUT2D eigenvalue weighted by molar-refractivity contribution is -0.131. The van der Waals surface area contributed by atoms with Crippen LogP contribution in [0.15, 0.2) is 12.3 Å². The Bertz CT molecular complexity index is 360. The maximum absolute atomic E-state index is 12.0. The summed E-state index contributed by atoms with van der Waals surface area (Å²) in [6.45, 7) is 9.41. The largest absolute Gasteiger partial charge is 0.387 e. The van der Waals surface area contributed by atoms with Gasteiger partial charge in [-0.2, -0.15) is 0 Å². The van der Waals surface area contributed by atoms with Crippen molar-refractivity contribution >= 4 is 11.8 Å². The van der Waals surface area contributed by atoms with Gasteiger partial charge < -0.3 is 27.0 Å². The van der Waals surface area contributed by atoms with Gasteiger partial charge in [-0.1, -0.05) is 13.5 Å². The number of unbranched alkanes of at least 4 members (excludes halogenated alkanes) is 2. The topological polar surface area (TPSA) is 113 Å². The predicted molar refractivity (Wildman–Crippen MR) is 103 cm³/mol. The average Bonchev–Trinajstić information content (AvgIpc) is 2.60. The summed E-state index contributed by atoms with van der Waals surface area (Å²) in [5.41, 5.74) is 11.9. The van der Waals surface area contributed by atoms with Crippen molar-refractivity contribution in [3.63, 3.8) is 0 Å². The van der Waals surface area contributed by atoms with Gasteiger partial charge in [0.2, 0.25) is 11.8 Å². The molecule has 146 valence electrons. The van der Waals surface area contributed by atoms with Crippen molar-refractivity contribution in [1.29, 1.82) is 0 Å². The quantitative estimate of drug-likeness (QED) is 0.304. The van der Waals surface area contributed by atoms with E-state index in [-0.39, 0.29) is 11.8 Å². The van der Waals surface area contributed by atoms with Gasteiger partial charge in [0, 0.05) is 44.7 Å². The van der Waals surface area contributed by atoms with Crippen LogP contribution in [0.3, 0.4) is 0 Å². The van der Waals surface area contributed by atoms with Gasteiger partial charge >= 0.3 is 0 Å².